The maximum atomic E-state index is 13.7. The van der Waals surface area contributed by atoms with Crippen LogP contribution in [0.2, 0.25) is 0 Å². The summed E-state index contributed by atoms with van der Waals surface area (Å²) in [5, 5.41) is 11.1. The predicted molar refractivity (Wildman–Crippen MR) is 86.1 cm³/mol. The Kier molecular flexibility index (Phi) is 4.71. The number of anilines is 1. The average Bonchev–Trinajstić information content (AvgIpc) is 2.58. The van der Waals surface area contributed by atoms with Crippen molar-refractivity contribution >= 4 is 11.4 Å². The summed E-state index contributed by atoms with van der Waals surface area (Å²) < 4.78 is 27.0. The lowest BCUT2D eigenvalue weighted by molar-refractivity contribution is -0.914. The van der Waals surface area contributed by atoms with E-state index in [2.05, 4.69) is 0 Å². The fourth-order valence-electron chi connectivity index (χ4n) is 3.06. The first-order chi connectivity index (χ1) is 11.5. The minimum atomic E-state index is -0.616. The predicted octanol–water partition coefficient (Wildman–Crippen LogP) is 1.78. The number of quaternary nitrogens is 1. The van der Waals surface area contributed by atoms with E-state index in [0.717, 1.165) is 19.2 Å². The maximum absolute atomic E-state index is 13.7. The zero-order chi connectivity index (χ0) is 17.1. The van der Waals surface area contributed by atoms with Crippen molar-refractivity contribution in [1.82, 2.24) is 0 Å². The number of nitrogens with one attached hydrogen (secondary N) is 1. The summed E-state index contributed by atoms with van der Waals surface area (Å²) in [6.45, 7) is 3.28. The molecular formula is C17H18F2N3O2+. The van der Waals surface area contributed by atoms with Crippen molar-refractivity contribution in [2.75, 3.05) is 31.1 Å². The van der Waals surface area contributed by atoms with E-state index in [9.17, 15) is 18.9 Å². The van der Waals surface area contributed by atoms with Crippen molar-refractivity contribution in [2.24, 2.45) is 0 Å². The summed E-state index contributed by atoms with van der Waals surface area (Å²) in [6.07, 6.45) is 0. The van der Waals surface area contributed by atoms with Crippen LogP contribution in [0.15, 0.2) is 42.5 Å². The number of nitro groups is 1. The molecule has 1 aliphatic heterocycles. The lowest BCUT2D eigenvalue weighted by atomic mass is 10.1. The molecule has 2 aromatic rings. The van der Waals surface area contributed by atoms with E-state index in [1.54, 1.807) is 12.1 Å². The highest BCUT2D eigenvalue weighted by Crippen LogP contribution is 2.28. The molecule has 0 radical (unpaired) electrons. The molecule has 0 aromatic heterocycles. The van der Waals surface area contributed by atoms with Gasteiger partial charge in [0.25, 0.3) is 5.69 Å². The van der Waals surface area contributed by atoms with Gasteiger partial charge in [0.05, 0.1) is 37.2 Å². The normalized spacial score (nSPS) is 15.5. The number of benzene rings is 2. The number of nitrogens with zero attached hydrogens (tertiary/aromatic N) is 2. The smallest absolute Gasteiger partial charge is 0.295 e. The highest BCUT2D eigenvalue weighted by atomic mass is 19.1. The molecule has 1 saturated heterocycles. The molecule has 2 aromatic carbocycles. The highest BCUT2D eigenvalue weighted by molar-refractivity contribution is 5.63. The number of rotatable bonds is 4. The van der Waals surface area contributed by atoms with Gasteiger partial charge in [0, 0.05) is 5.56 Å². The standard InChI is InChI=1S/C17H17F2N3O2/c18-14-5-6-16(17(11-14)22(23)24)21-9-7-20(8-10-21)12-13-3-1-2-4-15(13)19/h1-6,11H,7-10,12H2/p+1. The van der Waals surface area contributed by atoms with Crippen LogP contribution < -0.4 is 9.80 Å². The highest BCUT2D eigenvalue weighted by Gasteiger charge is 2.26. The van der Waals surface area contributed by atoms with Crippen molar-refractivity contribution in [2.45, 2.75) is 6.54 Å². The fraction of sp³-hybridized carbons (Fsp3) is 0.294. The van der Waals surface area contributed by atoms with E-state index >= 15 is 0 Å². The zero-order valence-corrected chi connectivity index (χ0v) is 13.0. The monoisotopic (exact) mass is 334 g/mol. The minimum absolute atomic E-state index is 0.207. The van der Waals surface area contributed by atoms with E-state index < -0.39 is 10.7 Å². The van der Waals surface area contributed by atoms with Crippen LogP contribution in [0.4, 0.5) is 20.2 Å². The SMILES string of the molecule is O=[N+]([O-])c1cc(F)ccc1N1CC[NH+](Cc2ccccc2F)CC1. The molecule has 126 valence electrons. The summed E-state index contributed by atoms with van der Waals surface area (Å²) in [6, 6.07) is 10.4. The Morgan fingerprint density at radius 1 is 1.12 bits per heavy atom. The average molecular weight is 334 g/mol. The third-order valence-corrected chi connectivity index (χ3v) is 4.34. The van der Waals surface area contributed by atoms with Crippen molar-refractivity contribution < 1.29 is 18.6 Å². The molecule has 24 heavy (non-hydrogen) atoms. The first kappa shape index (κ1) is 16.3. The van der Waals surface area contributed by atoms with E-state index in [1.807, 2.05) is 11.0 Å². The Morgan fingerprint density at radius 3 is 2.50 bits per heavy atom. The van der Waals surface area contributed by atoms with Crippen molar-refractivity contribution in [3.05, 3.63) is 69.8 Å². The Morgan fingerprint density at radius 2 is 1.83 bits per heavy atom. The molecule has 1 fully saturated rings. The summed E-state index contributed by atoms with van der Waals surface area (Å²) in [4.78, 5) is 13.7. The summed E-state index contributed by atoms with van der Waals surface area (Å²) >= 11 is 0. The van der Waals surface area contributed by atoms with Gasteiger partial charge in [-0.2, -0.15) is 0 Å². The molecule has 1 N–H and O–H groups in total. The van der Waals surface area contributed by atoms with Gasteiger partial charge in [-0.15, -0.1) is 0 Å². The van der Waals surface area contributed by atoms with Crippen molar-refractivity contribution in [1.29, 1.82) is 0 Å². The number of hydrogen-bond donors (Lipinski definition) is 1. The van der Waals surface area contributed by atoms with Gasteiger partial charge in [-0.05, 0) is 18.2 Å². The van der Waals surface area contributed by atoms with Crippen LogP contribution in [-0.4, -0.2) is 31.1 Å². The summed E-state index contributed by atoms with van der Waals surface area (Å²) in [7, 11) is 0. The van der Waals surface area contributed by atoms with E-state index in [4.69, 9.17) is 0 Å². The third-order valence-electron chi connectivity index (χ3n) is 4.34. The largest absolute Gasteiger partial charge is 0.355 e. The van der Waals surface area contributed by atoms with E-state index in [1.165, 1.54) is 23.1 Å². The fourth-order valence-corrected chi connectivity index (χ4v) is 3.06. The quantitative estimate of drug-likeness (QED) is 0.685. The molecule has 0 spiro atoms. The molecule has 1 aliphatic rings. The Balaban J connectivity index is 1.67. The van der Waals surface area contributed by atoms with Crippen LogP contribution in [0.3, 0.4) is 0 Å². The van der Waals surface area contributed by atoms with Gasteiger partial charge in [-0.1, -0.05) is 18.2 Å². The Bertz CT molecular complexity index is 746. The van der Waals surface area contributed by atoms with Crippen LogP contribution in [0, 0.1) is 21.7 Å². The van der Waals surface area contributed by atoms with Gasteiger partial charge in [-0.3, -0.25) is 10.1 Å². The first-order valence-corrected chi connectivity index (χ1v) is 7.80. The Labute approximate surface area is 138 Å². The summed E-state index contributed by atoms with van der Waals surface area (Å²) in [5.41, 5.74) is 0.896. The lowest BCUT2D eigenvalue weighted by Gasteiger charge is -2.33. The van der Waals surface area contributed by atoms with Crippen molar-refractivity contribution in [3.63, 3.8) is 0 Å². The molecule has 1 heterocycles. The summed E-state index contributed by atoms with van der Waals surface area (Å²) in [5.74, 6) is -0.823. The first-order valence-electron chi connectivity index (χ1n) is 7.80. The van der Waals surface area contributed by atoms with Crippen LogP contribution in [-0.2, 0) is 6.54 Å². The lowest BCUT2D eigenvalue weighted by Crippen LogP contribution is -3.13. The molecule has 0 bridgehead atoms. The Hall–Kier alpha value is -2.54. The molecule has 0 aliphatic carbocycles. The number of halogens is 2. The molecule has 0 saturated carbocycles. The van der Waals surface area contributed by atoms with Gasteiger partial charge in [0.2, 0.25) is 0 Å². The van der Waals surface area contributed by atoms with E-state index in [0.29, 0.717) is 30.9 Å². The molecule has 5 nitrogen and oxygen atoms in total. The number of piperazine rings is 1. The molecule has 0 amide bonds. The molecule has 0 atom stereocenters. The maximum Gasteiger partial charge on any atom is 0.295 e. The van der Waals surface area contributed by atoms with Gasteiger partial charge < -0.3 is 9.80 Å². The van der Waals surface area contributed by atoms with Crippen LogP contribution in [0.25, 0.3) is 0 Å². The topological polar surface area (TPSA) is 50.8 Å². The number of nitro benzene ring substituents is 1. The van der Waals surface area contributed by atoms with Gasteiger partial charge >= 0.3 is 0 Å². The molecular weight excluding hydrogens is 316 g/mol. The minimum Gasteiger partial charge on any atom is -0.355 e. The second-order valence-electron chi connectivity index (χ2n) is 5.90. The molecule has 3 rings (SSSR count). The molecule has 7 heteroatoms. The van der Waals surface area contributed by atoms with Gasteiger partial charge in [-0.25, -0.2) is 8.78 Å². The third kappa shape index (κ3) is 3.51. The van der Waals surface area contributed by atoms with Gasteiger partial charge in [0.1, 0.15) is 23.9 Å². The second-order valence-corrected chi connectivity index (χ2v) is 5.90. The van der Waals surface area contributed by atoms with Crippen LogP contribution in [0.1, 0.15) is 5.56 Å². The second kappa shape index (κ2) is 6.92. The zero-order valence-electron chi connectivity index (χ0n) is 13.0. The van der Waals surface area contributed by atoms with Crippen molar-refractivity contribution in [3.8, 4) is 0 Å². The number of hydrogen-bond acceptors (Lipinski definition) is 3. The molecule has 0 unspecified atom stereocenters. The van der Waals surface area contributed by atoms with Crippen LogP contribution in [0.5, 0.6) is 0 Å². The van der Waals surface area contributed by atoms with E-state index in [-0.39, 0.29) is 11.5 Å². The van der Waals surface area contributed by atoms with Crippen LogP contribution >= 0.6 is 0 Å². The van der Waals surface area contributed by atoms with Gasteiger partial charge in [0.15, 0.2) is 0 Å².